The van der Waals surface area contributed by atoms with Crippen molar-refractivity contribution in [2.75, 3.05) is 49.9 Å². The second kappa shape index (κ2) is 14.2. The van der Waals surface area contributed by atoms with Crippen molar-refractivity contribution in [1.29, 1.82) is 0 Å². The van der Waals surface area contributed by atoms with Crippen molar-refractivity contribution >= 4 is 54.1 Å². The van der Waals surface area contributed by atoms with E-state index in [1.807, 2.05) is 30.3 Å². The van der Waals surface area contributed by atoms with Gasteiger partial charge in [-0.3, -0.25) is 0 Å². The lowest BCUT2D eigenvalue weighted by molar-refractivity contribution is 0.0952. The van der Waals surface area contributed by atoms with E-state index in [1.54, 1.807) is 20.4 Å². The van der Waals surface area contributed by atoms with Gasteiger partial charge in [-0.15, -0.1) is 0 Å². The molecule has 0 unspecified atom stereocenters. The van der Waals surface area contributed by atoms with Gasteiger partial charge in [0.1, 0.15) is 10.8 Å². The average Bonchev–Trinajstić information content (AvgIpc) is 2.95. The fraction of sp³-hybridized carbons (Fsp3) is 0.484. The summed E-state index contributed by atoms with van der Waals surface area (Å²) in [6.07, 6.45) is 8.05. The van der Waals surface area contributed by atoms with E-state index in [-0.39, 0.29) is 6.10 Å². The van der Waals surface area contributed by atoms with Gasteiger partial charge in [-0.1, -0.05) is 30.2 Å². The third-order valence-electron chi connectivity index (χ3n) is 8.04. The molecule has 0 radical (unpaired) electrons. The fourth-order valence-corrected chi connectivity index (χ4v) is 6.80. The van der Waals surface area contributed by atoms with E-state index in [1.165, 1.54) is 32.1 Å². The minimum Gasteiger partial charge on any atom is -0.489 e. The van der Waals surface area contributed by atoms with Crippen LogP contribution < -0.4 is 25.6 Å². The second-order valence-corrected chi connectivity index (χ2v) is 13.2. The molecule has 0 atom stereocenters. The highest BCUT2D eigenvalue weighted by Crippen LogP contribution is 2.39. The molecule has 2 heterocycles. The molecule has 11 heteroatoms. The van der Waals surface area contributed by atoms with Gasteiger partial charge in [0.15, 0.2) is 5.82 Å². The molecule has 0 amide bonds. The van der Waals surface area contributed by atoms with E-state index in [4.69, 9.17) is 25.4 Å². The van der Waals surface area contributed by atoms with E-state index in [0.717, 1.165) is 47.2 Å². The summed E-state index contributed by atoms with van der Waals surface area (Å²) >= 11 is 6.50. The van der Waals surface area contributed by atoms with Gasteiger partial charge in [0.2, 0.25) is 14.3 Å². The number of anilines is 5. The average molecular weight is 613 g/mol. The molecule has 42 heavy (non-hydrogen) atoms. The van der Waals surface area contributed by atoms with Gasteiger partial charge in [-0.2, -0.15) is 4.98 Å². The molecule has 2 N–H and O–H groups in total. The Morgan fingerprint density at radius 1 is 1.00 bits per heavy atom. The van der Waals surface area contributed by atoms with Gasteiger partial charge in [0.25, 0.3) is 0 Å². The fourth-order valence-electron chi connectivity index (χ4n) is 5.59. The minimum absolute atomic E-state index is 0.0497. The Kier molecular flexibility index (Phi) is 10.4. The summed E-state index contributed by atoms with van der Waals surface area (Å²) in [6, 6.07) is 15.4. The summed E-state index contributed by atoms with van der Waals surface area (Å²) in [5, 5.41) is 7.96. The Morgan fingerprint density at radius 2 is 1.71 bits per heavy atom. The van der Waals surface area contributed by atoms with Crippen LogP contribution in [0.15, 0.2) is 48.7 Å². The summed E-state index contributed by atoms with van der Waals surface area (Å²) < 4.78 is 17.4. The maximum Gasteiger partial charge on any atom is 0.229 e. The molecule has 1 aromatic heterocycles. The number of hydrogen-bond donors (Lipinski definition) is 2. The van der Waals surface area contributed by atoms with E-state index in [9.17, 15) is 0 Å². The lowest BCUT2D eigenvalue weighted by Crippen LogP contribution is -2.49. The van der Waals surface area contributed by atoms with Crippen molar-refractivity contribution in [1.82, 2.24) is 14.9 Å². The number of benzene rings is 2. The van der Waals surface area contributed by atoms with E-state index in [2.05, 4.69) is 63.4 Å². The van der Waals surface area contributed by atoms with Crippen LogP contribution in [0.25, 0.3) is 0 Å². The molecule has 9 nitrogen and oxygen atoms in total. The minimum atomic E-state index is -1.24. The van der Waals surface area contributed by atoms with Crippen molar-refractivity contribution < 1.29 is 13.8 Å². The molecule has 5 rings (SSSR count). The summed E-state index contributed by atoms with van der Waals surface area (Å²) in [6.45, 7) is 6.16. The predicted octanol–water partition coefficient (Wildman–Crippen LogP) is 7.09. The Bertz CT molecular complexity index is 1330. The van der Waals surface area contributed by atoms with Gasteiger partial charge in [0.05, 0.1) is 29.0 Å². The summed E-state index contributed by atoms with van der Waals surface area (Å²) in [4.78, 5) is 14.2. The van der Waals surface area contributed by atoms with Crippen LogP contribution in [-0.2, 0) is 9.05 Å². The number of nitrogens with one attached hydrogen (secondary N) is 2. The molecular weight excluding hydrogens is 571 g/mol. The van der Waals surface area contributed by atoms with Crippen LogP contribution in [0.5, 0.6) is 5.75 Å². The van der Waals surface area contributed by atoms with E-state index >= 15 is 0 Å². The molecule has 1 saturated carbocycles. The van der Waals surface area contributed by atoms with Crippen LogP contribution in [-0.4, -0.2) is 67.4 Å². The Morgan fingerprint density at radius 3 is 2.38 bits per heavy atom. The van der Waals surface area contributed by atoms with E-state index < -0.39 is 8.38 Å². The number of rotatable bonds is 12. The van der Waals surface area contributed by atoms with Crippen LogP contribution in [0.4, 0.5) is 28.8 Å². The molecule has 2 aromatic carbocycles. The number of para-hydroxylation sites is 1. The zero-order valence-corrected chi connectivity index (χ0v) is 26.8. The van der Waals surface area contributed by atoms with Crippen LogP contribution in [0.2, 0.25) is 5.02 Å². The normalized spacial score (nSPS) is 16.3. The number of aromatic nitrogens is 2. The second-order valence-electron chi connectivity index (χ2n) is 11.1. The first-order valence-corrected chi connectivity index (χ1v) is 16.2. The molecular formula is C31H42ClN6O3P. The first-order chi connectivity index (χ1) is 20.4. The smallest absolute Gasteiger partial charge is 0.229 e. The Hall–Kier alpha value is -2.68. The van der Waals surface area contributed by atoms with Gasteiger partial charge in [-0.25, -0.2) is 4.98 Å². The summed E-state index contributed by atoms with van der Waals surface area (Å²) in [5.41, 5.74) is 2.77. The number of piperidine rings is 1. The van der Waals surface area contributed by atoms with Crippen LogP contribution in [0.3, 0.4) is 0 Å². The Balaban J connectivity index is 1.31. The highest BCUT2D eigenvalue weighted by atomic mass is 35.5. The zero-order chi connectivity index (χ0) is 29.6. The SMILES string of the molecule is COP(OC)c1ccccc1Nc1nc(Nc2ccc(N3CCC(N(C)C4CCC4)CC3)c(OC(C)C)c2)ncc1Cl. The number of hydrogen-bond acceptors (Lipinski definition) is 9. The molecule has 1 saturated heterocycles. The molecule has 2 aliphatic rings. The monoisotopic (exact) mass is 612 g/mol. The van der Waals surface area contributed by atoms with Crippen molar-refractivity contribution in [3.63, 3.8) is 0 Å². The van der Waals surface area contributed by atoms with Crippen molar-refractivity contribution in [3.05, 3.63) is 53.7 Å². The molecule has 0 spiro atoms. The summed E-state index contributed by atoms with van der Waals surface area (Å²) in [5.74, 6) is 1.76. The first kappa shape index (κ1) is 30.8. The molecule has 3 aromatic rings. The molecule has 1 aliphatic heterocycles. The third kappa shape index (κ3) is 7.26. The lowest BCUT2D eigenvalue weighted by atomic mass is 9.89. The molecule has 226 valence electrons. The van der Waals surface area contributed by atoms with Gasteiger partial charge in [-0.05, 0) is 70.8 Å². The highest BCUT2D eigenvalue weighted by Gasteiger charge is 2.30. The number of halogens is 1. The maximum absolute atomic E-state index is 6.50. The topological polar surface area (TPSA) is 84.0 Å². The van der Waals surface area contributed by atoms with Gasteiger partial charge in [0, 0.05) is 51.1 Å². The van der Waals surface area contributed by atoms with Crippen molar-refractivity contribution in [2.24, 2.45) is 0 Å². The molecule has 1 aliphatic carbocycles. The lowest BCUT2D eigenvalue weighted by Gasteiger charge is -2.44. The van der Waals surface area contributed by atoms with Gasteiger partial charge < -0.3 is 34.2 Å². The highest BCUT2D eigenvalue weighted by molar-refractivity contribution is 7.56. The largest absolute Gasteiger partial charge is 0.489 e. The third-order valence-corrected chi connectivity index (χ3v) is 9.76. The quantitative estimate of drug-likeness (QED) is 0.208. The van der Waals surface area contributed by atoms with Crippen LogP contribution in [0.1, 0.15) is 46.0 Å². The molecule has 2 fully saturated rings. The van der Waals surface area contributed by atoms with Crippen LogP contribution >= 0.6 is 20.0 Å². The van der Waals surface area contributed by atoms with Crippen molar-refractivity contribution in [3.8, 4) is 5.75 Å². The molecule has 0 bridgehead atoms. The maximum atomic E-state index is 6.50. The van der Waals surface area contributed by atoms with Gasteiger partial charge >= 0.3 is 0 Å². The van der Waals surface area contributed by atoms with Crippen LogP contribution in [0, 0.1) is 0 Å². The zero-order valence-electron chi connectivity index (χ0n) is 25.1. The van der Waals surface area contributed by atoms with E-state index in [0.29, 0.717) is 22.8 Å². The number of nitrogens with zero attached hydrogens (tertiary/aromatic N) is 4. The van der Waals surface area contributed by atoms with Crippen molar-refractivity contribution in [2.45, 2.75) is 64.1 Å². The summed E-state index contributed by atoms with van der Waals surface area (Å²) in [7, 11) is 4.33. The standard InChI is InChI=1S/C31H42ClN6O3P/c1-21(2)41-28-19-22(13-14-27(28)38-17-15-24(16-18-38)37(3)23-9-8-10-23)34-31-33-20-25(32)30(36-31)35-26-11-6-7-12-29(26)42(39-4)40-5/h6-7,11-14,19-21,23-24H,8-10,15-18H2,1-5H3,(H2,33,34,35,36). The Labute approximate surface area is 255 Å². The first-order valence-electron chi connectivity index (χ1n) is 14.7. The number of ether oxygens (including phenoxy) is 1. The predicted molar refractivity (Wildman–Crippen MR) is 173 cm³/mol.